The van der Waals surface area contributed by atoms with Crippen LogP contribution in [0.5, 0.6) is 5.75 Å². The number of nitrogens with zero attached hydrogens (tertiary/aromatic N) is 1. The van der Waals surface area contributed by atoms with E-state index in [4.69, 9.17) is 0 Å². The fourth-order valence-corrected chi connectivity index (χ4v) is 1.84. The molecule has 2 nitrogen and oxygen atoms in total. The molecule has 0 unspecified atom stereocenters. The van der Waals surface area contributed by atoms with Crippen LogP contribution < -0.4 is 4.74 Å². The van der Waals surface area contributed by atoms with Crippen LogP contribution in [0.15, 0.2) is 36.5 Å². The van der Waals surface area contributed by atoms with Crippen LogP contribution >= 0.6 is 0 Å². The highest BCUT2D eigenvalue weighted by atomic mass is 19.4. The van der Waals surface area contributed by atoms with E-state index in [0.717, 1.165) is 18.2 Å². The zero-order valence-corrected chi connectivity index (χ0v) is 11.2. The van der Waals surface area contributed by atoms with Crippen LogP contribution in [0.25, 0.3) is 11.3 Å². The summed E-state index contributed by atoms with van der Waals surface area (Å²) in [6, 6.07) is 9.36. The van der Waals surface area contributed by atoms with Crippen molar-refractivity contribution in [3.8, 4) is 17.0 Å². The number of pyridine rings is 1. The van der Waals surface area contributed by atoms with Gasteiger partial charge in [0.2, 0.25) is 0 Å². The quantitative estimate of drug-likeness (QED) is 0.825. The van der Waals surface area contributed by atoms with Crippen LogP contribution in [0.1, 0.15) is 18.1 Å². The average Bonchev–Trinajstić information content (AvgIpc) is 2.40. The molecule has 0 saturated heterocycles. The molecule has 0 fully saturated rings. The maximum Gasteiger partial charge on any atom is 0.573 e. The summed E-state index contributed by atoms with van der Waals surface area (Å²) in [5.74, 6) is -0.272. The molecule has 0 radical (unpaired) electrons. The molecule has 0 bridgehead atoms. The molecular weight excluding hydrogens is 267 g/mol. The number of halogens is 3. The van der Waals surface area contributed by atoms with E-state index in [0.29, 0.717) is 11.3 Å². The first-order chi connectivity index (χ1) is 9.39. The van der Waals surface area contributed by atoms with Gasteiger partial charge in [-0.15, -0.1) is 13.2 Å². The summed E-state index contributed by atoms with van der Waals surface area (Å²) >= 11 is 0. The Kier molecular flexibility index (Phi) is 3.97. The lowest BCUT2D eigenvalue weighted by atomic mass is 10.1. The highest BCUT2D eigenvalue weighted by molar-refractivity contribution is 5.61. The minimum absolute atomic E-state index is 0.272. The molecule has 5 heteroatoms. The van der Waals surface area contributed by atoms with Crippen LogP contribution in [0.4, 0.5) is 13.2 Å². The van der Waals surface area contributed by atoms with E-state index < -0.39 is 6.36 Å². The van der Waals surface area contributed by atoms with E-state index in [1.807, 2.05) is 24.3 Å². The largest absolute Gasteiger partial charge is 0.573 e. The van der Waals surface area contributed by atoms with Gasteiger partial charge in [0.15, 0.2) is 5.75 Å². The third kappa shape index (κ3) is 3.50. The van der Waals surface area contributed by atoms with Gasteiger partial charge in [0.25, 0.3) is 0 Å². The SMILES string of the molecule is CCc1ccc(-c2cc(C)c(OC(F)(F)F)cn2)cc1. The molecule has 1 aromatic carbocycles. The zero-order chi connectivity index (χ0) is 14.8. The standard InChI is InChI=1S/C15H14F3NO/c1-3-11-4-6-12(7-5-11)13-8-10(2)14(9-19-13)20-15(16,17)18/h4-9H,3H2,1-2H3. The number of aryl methyl sites for hydroxylation is 2. The number of hydrogen-bond donors (Lipinski definition) is 0. The van der Waals surface area contributed by atoms with Crippen molar-refractivity contribution in [2.45, 2.75) is 26.6 Å². The first-order valence-electron chi connectivity index (χ1n) is 6.21. The summed E-state index contributed by atoms with van der Waals surface area (Å²) in [6.45, 7) is 3.62. The van der Waals surface area contributed by atoms with E-state index >= 15 is 0 Å². The summed E-state index contributed by atoms with van der Waals surface area (Å²) in [6.07, 6.45) is -2.66. The van der Waals surface area contributed by atoms with Crippen molar-refractivity contribution in [2.75, 3.05) is 0 Å². The van der Waals surface area contributed by atoms with Crippen LogP contribution in [-0.4, -0.2) is 11.3 Å². The Morgan fingerprint density at radius 1 is 1.15 bits per heavy atom. The molecule has 106 valence electrons. The molecule has 0 atom stereocenters. The summed E-state index contributed by atoms with van der Waals surface area (Å²) < 4.78 is 40.4. The molecule has 0 N–H and O–H groups in total. The van der Waals surface area contributed by atoms with Gasteiger partial charge in [-0.3, -0.25) is 4.98 Å². The maximum atomic E-state index is 12.2. The lowest BCUT2D eigenvalue weighted by Gasteiger charge is -2.12. The lowest BCUT2D eigenvalue weighted by Crippen LogP contribution is -2.17. The number of benzene rings is 1. The molecule has 1 heterocycles. The molecule has 2 rings (SSSR count). The Labute approximate surface area is 115 Å². The van der Waals surface area contributed by atoms with Crippen molar-refractivity contribution in [3.05, 3.63) is 47.7 Å². The van der Waals surface area contributed by atoms with E-state index in [1.54, 1.807) is 13.0 Å². The van der Waals surface area contributed by atoms with Gasteiger partial charge in [0.05, 0.1) is 11.9 Å². The Morgan fingerprint density at radius 2 is 1.80 bits per heavy atom. The van der Waals surface area contributed by atoms with Crippen LogP contribution in [0, 0.1) is 6.92 Å². The van der Waals surface area contributed by atoms with E-state index in [1.165, 1.54) is 5.56 Å². The van der Waals surface area contributed by atoms with E-state index in [-0.39, 0.29) is 5.75 Å². The molecule has 0 aliphatic carbocycles. The fourth-order valence-electron chi connectivity index (χ4n) is 1.84. The molecule has 20 heavy (non-hydrogen) atoms. The number of rotatable bonds is 3. The summed E-state index contributed by atoms with van der Waals surface area (Å²) in [5.41, 5.74) is 3.08. The second-order valence-electron chi connectivity index (χ2n) is 4.43. The molecule has 0 aliphatic rings. The molecule has 0 saturated carbocycles. The normalized spacial score (nSPS) is 11.4. The third-order valence-corrected chi connectivity index (χ3v) is 2.95. The molecule has 0 spiro atoms. The Balaban J connectivity index is 2.28. The first-order valence-corrected chi connectivity index (χ1v) is 6.21. The first kappa shape index (κ1) is 14.4. The zero-order valence-electron chi connectivity index (χ0n) is 11.2. The number of alkyl halides is 3. The van der Waals surface area contributed by atoms with Crippen molar-refractivity contribution >= 4 is 0 Å². The van der Waals surface area contributed by atoms with E-state index in [2.05, 4.69) is 16.6 Å². The summed E-state index contributed by atoms with van der Waals surface area (Å²) in [7, 11) is 0. The molecule has 0 aliphatic heterocycles. The predicted molar refractivity (Wildman–Crippen MR) is 70.5 cm³/mol. The Bertz CT molecular complexity index is 591. The minimum Gasteiger partial charge on any atom is -0.404 e. The fraction of sp³-hybridized carbons (Fsp3) is 0.267. The lowest BCUT2D eigenvalue weighted by molar-refractivity contribution is -0.274. The minimum atomic E-state index is -4.70. The molecule has 2 aromatic rings. The van der Waals surface area contributed by atoms with Crippen molar-refractivity contribution in [2.24, 2.45) is 0 Å². The predicted octanol–water partition coefficient (Wildman–Crippen LogP) is 4.52. The summed E-state index contributed by atoms with van der Waals surface area (Å²) in [5, 5.41) is 0. The second kappa shape index (κ2) is 5.53. The Morgan fingerprint density at radius 3 is 2.30 bits per heavy atom. The monoisotopic (exact) mass is 281 g/mol. The van der Waals surface area contributed by atoms with Gasteiger partial charge in [-0.1, -0.05) is 31.2 Å². The van der Waals surface area contributed by atoms with Gasteiger partial charge in [-0.2, -0.15) is 0 Å². The van der Waals surface area contributed by atoms with Crippen molar-refractivity contribution < 1.29 is 17.9 Å². The third-order valence-electron chi connectivity index (χ3n) is 2.95. The van der Waals surface area contributed by atoms with Gasteiger partial charge in [-0.05, 0) is 30.5 Å². The number of hydrogen-bond acceptors (Lipinski definition) is 2. The topological polar surface area (TPSA) is 22.1 Å². The highest BCUT2D eigenvalue weighted by Gasteiger charge is 2.31. The summed E-state index contributed by atoms with van der Waals surface area (Å²) in [4.78, 5) is 4.02. The van der Waals surface area contributed by atoms with Gasteiger partial charge in [-0.25, -0.2) is 0 Å². The van der Waals surface area contributed by atoms with Crippen LogP contribution in [0.3, 0.4) is 0 Å². The second-order valence-corrected chi connectivity index (χ2v) is 4.43. The molecule has 0 amide bonds. The van der Waals surface area contributed by atoms with Crippen molar-refractivity contribution in [3.63, 3.8) is 0 Å². The molecular formula is C15H14F3NO. The van der Waals surface area contributed by atoms with Gasteiger partial charge < -0.3 is 4.74 Å². The van der Waals surface area contributed by atoms with Gasteiger partial charge in [0.1, 0.15) is 0 Å². The van der Waals surface area contributed by atoms with Gasteiger partial charge >= 0.3 is 6.36 Å². The van der Waals surface area contributed by atoms with Crippen molar-refractivity contribution in [1.29, 1.82) is 0 Å². The Hall–Kier alpha value is -2.04. The smallest absolute Gasteiger partial charge is 0.404 e. The highest BCUT2D eigenvalue weighted by Crippen LogP contribution is 2.28. The average molecular weight is 281 g/mol. The van der Waals surface area contributed by atoms with Crippen LogP contribution in [0.2, 0.25) is 0 Å². The molecule has 1 aromatic heterocycles. The van der Waals surface area contributed by atoms with Crippen LogP contribution in [-0.2, 0) is 6.42 Å². The number of aromatic nitrogens is 1. The number of ether oxygens (including phenoxy) is 1. The van der Waals surface area contributed by atoms with Crippen molar-refractivity contribution in [1.82, 2.24) is 4.98 Å². The van der Waals surface area contributed by atoms with Gasteiger partial charge in [0, 0.05) is 5.56 Å². The van der Waals surface area contributed by atoms with E-state index in [9.17, 15) is 13.2 Å². The maximum absolute atomic E-state index is 12.2.